The lowest BCUT2D eigenvalue weighted by Crippen LogP contribution is -2.21. The van der Waals surface area contributed by atoms with Crippen molar-refractivity contribution >= 4 is 11.6 Å². The number of rotatable bonds is 10. The van der Waals surface area contributed by atoms with Crippen LogP contribution in [-0.2, 0) is 0 Å². The average Bonchev–Trinajstić information content (AvgIpc) is 2.72. The predicted molar refractivity (Wildman–Crippen MR) is 117 cm³/mol. The predicted octanol–water partition coefficient (Wildman–Crippen LogP) is 3.12. The van der Waals surface area contributed by atoms with Gasteiger partial charge in [0.25, 0.3) is 0 Å². The van der Waals surface area contributed by atoms with E-state index in [-0.39, 0.29) is 11.6 Å². The van der Waals surface area contributed by atoms with Crippen LogP contribution >= 0.6 is 0 Å². The van der Waals surface area contributed by atoms with E-state index in [0.29, 0.717) is 47.0 Å². The van der Waals surface area contributed by atoms with Crippen LogP contribution in [0.5, 0.6) is 11.5 Å². The number of ether oxygens (including phenoxy) is 2. The molecule has 1 aliphatic carbocycles. The molecule has 0 amide bonds. The van der Waals surface area contributed by atoms with E-state index in [1.165, 1.54) is 0 Å². The molecule has 6 heteroatoms. The van der Waals surface area contributed by atoms with Gasteiger partial charge in [0.15, 0.2) is 11.6 Å². The van der Waals surface area contributed by atoms with E-state index in [9.17, 15) is 9.59 Å². The number of hydrogen-bond donors (Lipinski definition) is 0. The van der Waals surface area contributed by atoms with Gasteiger partial charge in [-0.15, -0.1) is 0 Å². The Hall–Kier alpha value is -2.70. The monoisotopic (exact) mass is 410 g/mol. The Morgan fingerprint density at radius 1 is 0.633 bits per heavy atom. The van der Waals surface area contributed by atoms with Gasteiger partial charge in [-0.05, 0) is 77.4 Å². The number of carbonyl (C=O) groups is 2. The molecule has 0 aliphatic heterocycles. The first-order chi connectivity index (χ1) is 14.4. The summed E-state index contributed by atoms with van der Waals surface area (Å²) in [6, 6.07) is 10.2. The number of hydrogen-bond acceptors (Lipinski definition) is 6. The van der Waals surface area contributed by atoms with Crippen molar-refractivity contribution in [3.8, 4) is 11.5 Å². The van der Waals surface area contributed by atoms with E-state index in [1.54, 1.807) is 36.4 Å². The van der Waals surface area contributed by atoms with Crippen LogP contribution < -0.4 is 9.47 Å². The molecule has 0 N–H and O–H groups in total. The zero-order valence-electron chi connectivity index (χ0n) is 18.2. The lowest BCUT2D eigenvalue weighted by Gasteiger charge is -2.19. The van der Waals surface area contributed by atoms with Crippen molar-refractivity contribution in [2.75, 3.05) is 54.5 Å². The minimum Gasteiger partial charge on any atom is -0.494 e. The zero-order valence-corrected chi connectivity index (χ0v) is 18.2. The Kier molecular flexibility index (Phi) is 7.24. The maximum absolute atomic E-state index is 13.0. The number of ketones is 2. The van der Waals surface area contributed by atoms with Crippen molar-refractivity contribution in [2.24, 2.45) is 0 Å². The van der Waals surface area contributed by atoms with Crippen molar-refractivity contribution in [3.63, 3.8) is 0 Å². The fraction of sp³-hybridized carbons (Fsp3) is 0.417. The van der Waals surface area contributed by atoms with Crippen molar-refractivity contribution < 1.29 is 19.1 Å². The second kappa shape index (κ2) is 9.87. The highest BCUT2D eigenvalue weighted by molar-refractivity contribution is 6.28. The fourth-order valence-electron chi connectivity index (χ4n) is 3.43. The third kappa shape index (κ3) is 5.26. The summed E-state index contributed by atoms with van der Waals surface area (Å²) in [6.07, 6.45) is 1.77. The quantitative estimate of drug-likeness (QED) is 0.479. The van der Waals surface area contributed by atoms with Crippen LogP contribution in [0, 0.1) is 0 Å². The maximum atomic E-state index is 13.0. The van der Waals surface area contributed by atoms with E-state index in [1.807, 2.05) is 28.2 Å². The molecule has 0 bridgehead atoms. The molecule has 0 aromatic heterocycles. The minimum atomic E-state index is -0.155. The summed E-state index contributed by atoms with van der Waals surface area (Å²) in [6.45, 7) is 2.97. The van der Waals surface area contributed by atoms with Crippen LogP contribution in [0.4, 0.5) is 0 Å². The van der Waals surface area contributed by atoms with Crippen LogP contribution in [0.1, 0.15) is 44.7 Å². The van der Waals surface area contributed by atoms with Gasteiger partial charge in [0.05, 0.1) is 13.2 Å². The van der Waals surface area contributed by atoms with Gasteiger partial charge in [-0.25, -0.2) is 0 Å². The lowest BCUT2D eigenvalue weighted by atomic mass is 9.84. The first-order valence-corrected chi connectivity index (χ1v) is 10.3. The van der Waals surface area contributed by atoms with E-state index >= 15 is 0 Å². The first-order valence-electron chi connectivity index (χ1n) is 10.3. The molecule has 3 rings (SSSR count). The van der Waals surface area contributed by atoms with Crippen LogP contribution in [-0.4, -0.2) is 75.9 Å². The summed E-state index contributed by atoms with van der Waals surface area (Å²) >= 11 is 0. The molecule has 0 spiro atoms. The van der Waals surface area contributed by atoms with Gasteiger partial charge in [-0.3, -0.25) is 9.59 Å². The zero-order chi connectivity index (χ0) is 21.7. The van der Waals surface area contributed by atoms with Gasteiger partial charge in [0.1, 0.15) is 11.5 Å². The number of benzene rings is 2. The number of nitrogens with zero attached hydrogens (tertiary/aromatic N) is 2. The van der Waals surface area contributed by atoms with Crippen molar-refractivity contribution in [3.05, 3.63) is 58.7 Å². The fourth-order valence-corrected chi connectivity index (χ4v) is 3.43. The number of carbonyl (C=O) groups excluding carboxylic acids is 2. The molecule has 0 atom stereocenters. The summed E-state index contributed by atoms with van der Waals surface area (Å²) in [7, 11) is 8.06. The normalized spacial score (nSPS) is 12.9. The molecule has 6 nitrogen and oxygen atoms in total. The molecule has 30 heavy (non-hydrogen) atoms. The average molecular weight is 411 g/mol. The van der Waals surface area contributed by atoms with Gasteiger partial charge in [0.2, 0.25) is 0 Å². The van der Waals surface area contributed by atoms with Crippen LogP contribution in [0.3, 0.4) is 0 Å². The number of fused-ring (bicyclic) bond motifs is 2. The first kappa shape index (κ1) is 22.0. The molecular formula is C24H30N2O4. The maximum Gasteiger partial charge on any atom is 0.194 e. The lowest BCUT2D eigenvalue weighted by molar-refractivity contribution is 0.0978. The largest absolute Gasteiger partial charge is 0.494 e. The second-order valence-electron chi connectivity index (χ2n) is 8.08. The third-order valence-electron chi connectivity index (χ3n) is 5.00. The molecule has 0 saturated carbocycles. The highest BCUT2D eigenvalue weighted by atomic mass is 16.5. The van der Waals surface area contributed by atoms with Gasteiger partial charge in [0, 0.05) is 35.3 Å². The molecule has 0 unspecified atom stereocenters. The molecule has 2 aromatic carbocycles. The topological polar surface area (TPSA) is 59.1 Å². The Morgan fingerprint density at radius 3 is 1.40 bits per heavy atom. The van der Waals surface area contributed by atoms with Gasteiger partial charge >= 0.3 is 0 Å². The van der Waals surface area contributed by atoms with Gasteiger partial charge in [-0.2, -0.15) is 0 Å². The summed E-state index contributed by atoms with van der Waals surface area (Å²) in [5, 5.41) is 0. The second-order valence-corrected chi connectivity index (χ2v) is 8.08. The third-order valence-corrected chi connectivity index (χ3v) is 5.00. The molecule has 1 aliphatic rings. The SMILES string of the molecule is CN(C)CCCOc1ccc2c(c1)C(=O)c1ccc(OCCCN(C)C)cc1C2=O. The Labute approximate surface area is 178 Å². The Bertz CT molecular complexity index is 846. The molecule has 0 saturated heterocycles. The minimum absolute atomic E-state index is 0.155. The summed E-state index contributed by atoms with van der Waals surface area (Å²) in [5.41, 5.74) is 1.63. The highest BCUT2D eigenvalue weighted by Gasteiger charge is 2.30. The standard InChI is InChI=1S/C24H30N2O4/c1-25(2)11-5-13-29-17-7-9-19-21(15-17)23(27)20-10-8-18(16-22(20)24(19)28)30-14-6-12-26(3)4/h7-10,15-16H,5-6,11-14H2,1-4H3. The van der Waals surface area contributed by atoms with E-state index in [4.69, 9.17) is 9.47 Å². The van der Waals surface area contributed by atoms with Crippen LogP contribution in [0.25, 0.3) is 0 Å². The molecule has 160 valence electrons. The Balaban J connectivity index is 1.72. The summed E-state index contributed by atoms with van der Waals surface area (Å²) in [4.78, 5) is 30.2. The molecule has 0 fully saturated rings. The van der Waals surface area contributed by atoms with Crippen molar-refractivity contribution in [2.45, 2.75) is 12.8 Å². The molecular weight excluding hydrogens is 380 g/mol. The summed E-state index contributed by atoms with van der Waals surface area (Å²) < 4.78 is 11.5. The van der Waals surface area contributed by atoms with Crippen molar-refractivity contribution in [1.82, 2.24) is 9.80 Å². The van der Waals surface area contributed by atoms with Crippen molar-refractivity contribution in [1.29, 1.82) is 0 Å². The van der Waals surface area contributed by atoms with E-state index in [2.05, 4.69) is 9.80 Å². The highest BCUT2D eigenvalue weighted by Crippen LogP contribution is 2.32. The molecule has 2 aromatic rings. The summed E-state index contributed by atoms with van der Waals surface area (Å²) in [5.74, 6) is 0.908. The van der Waals surface area contributed by atoms with E-state index < -0.39 is 0 Å². The van der Waals surface area contributed by atoms with Crippen LogP contribution in [0.15, 0.2) is 36.4 Å². The molecule has 0 radical (unpaired) electrons. The van der Waals surface area contributed by atoms with E-state index in [0.717, 1.165) is 25.9 Å². The van der Waals surface area contributed by atoms with Gasteiger partial charge < -0.3 is 19.3 Å². The molecule has 0 heterocycles. The van der Waals surface area contributed by atoms with Gasteiger partial charge in [-0.1, -0.05) is 0 Å². The Morgan fingerprint density at radius 2 is 1.03 bits per heavy atom. The van der Waals surface area contributed by atoms with Crippen LogP contribution in [0.2, 0.25) is 0 Å². The smallest absolute Gasteiger partial charge is 0.194 e.